The molecule has 1 aliphatic heterocycles. The van der Waals surface area contributed by atoms with Gasteiger partial charge >= 0.3 is 10.2 Å². The highest BCUT2D eigenvalue weighted by Crippen LogP contribution is 2.41. The lowest BCUT2D eigenvalue weighted by Crippen LogP contribution is -2.49. The normalized spacial score (nSPS) is 19.0. The molecule has 1 unspecified atom stereocenters. The summed E-state index contributed by atoms with van der Waals surface area (Å²) in [7, 11) is 0.540. The van der Waals surface area contributed by atoms with Crippen LogP contribution in [-0.4, -0.2) is 49.6 Å². The molecule has 0 aliphatic carbocycles. The van der Waals surface area contributed by atoms with Crippen LogP contribution >= 0.6 is 0 Å². The largest absolute Gasteiger partial charge is 0.481 e. The molecule has 0 radical (unpaired) electrons. The smallest absolute Gasteiger partial charge is 0.406 e. The quantitative estimate of drug-likeness (QED) is 0.604. The summed E-state index contributed by atoms with van der Waals surface area (Å²) in [4.78, 5) is 8.65. The van der Waals surface area contributed by atoms with E-state index < -0.39 is 14.2 Å². The zero-order valence-corrected chi connectivity index (χ0v) is 17.0. The summed E-state index contributed by atoms with van der Waals surface area (Å²) < 4.78 is 32.7. The maximum absolute atomic E-state index is 13.5. The predicted octanol–water partition coefficient (Wildman–Crippen LogP) is 2.68. The second kappa shape index (κ2) is 7.03. The van der Waals surface area contributed by atoms with Crippen LogP contribution in [0.2, 0.25) is 0 Å². The molecule has 1 atom stereocenters. The number of aromatic nitrogens is 2. The molecule has 0 fully saturated rings. The van der Waals surface area contributed by atoms with Gasteiger partial charge in [-0.1, -0.05) is 23.3 Å². The summed E-state index contributed by atoms with van der Waals surface area (Å²) in [5.41, 5.74) is 1.46. The standard InChI is InChI=1S/C20H20N5O3S/c1-24(2)29(26,27)25(13-11-18(23-25)17-10-6-7-12-21-17)19-14-22-20(28-3)16-9-5-4-8-15(16)19/h4-14H,1-3H3/q+1. The minimum atomic E-state index is -3.96. The molecule has 0 saturated carbocycles. The second-order valence-electron chi connectivity index (χ2n) is 6.60. The molecule has 8 nitrogen and oxygen atoms in total. The average molecular weight is 410 g/mol. The van der Waals surface area contributed by atoms with Gasteiger partial charge in [0.15, 0.2) is 5.71 Å². The van der Waals surface area contributed by atoms with Gasteiger partial charge in [-0.05, 0) is 28.3 Å². The predicted molar refractivity (Wildman–Crippen MR) is 113 cm³/mol. The van der Waals surface area contributed by atoms with Gasteiger partial charge in [-0.15, -0.1) is 0 Å². The zero-order chi connectivity index (χ0) is 20.6. The van der Waals surface area contributed by atoms with Gasteiger partial charge in [0.25, 0.3) is 0 Å². The number of ether oxygens (including phenoxy) is 1. The Morgan fingerprint density at radius 1 is 1.00 bits per heavy atom. The lowest BCUT2D eigenvalue weighted by molar-refractivity contribution is 0.402. The number of quaternary nitrogens is 1. The van der Waals surface area contributed by atoms with Crippen LogP contribution in [0.25, 0.3) is 10.8 Å². The average Bonchev–Trinajstić information content (AvgIpc) is 3.20. The molecule has 4 rings (SSSR count). The minimum absolute atomic E-state index is 0.400. The van der Waals surface area contributed by atoms with Crippen molar-refractivity contribution in [2.45, 2.75) is 0 Å². The monoisotopic (exact) mass is 410 g/mol. The summed E-state index contributed by atoms with van der Waals surface area (Å²) >= 11 is 0. The Kier molecular flexibility index (Phi) is 4.65. The van der Waals surface area contributed by atoms with Gasteiger partial charge in [0, 0.05) is 26.4 Å². The highest BCUT2D eigenvalue weighted by atomic mass is 32.2. The van der Waals surface area contributed by atoms with E-state index in [9.17, 15) is 8.42 Å². The molecular weight excluding hydrogens is 390 g/mol. The van der Waals surface area contributed by atoms with E-state index in [-0.39, 0.29) is 0 Å². The number of nitrogens with zero attached hydrogens (tertiary/aromatic N) is 5. The van der Waals surface area contributed by atoms with Crippen LogP contribution in [0.1, 0.15) is 5.69 Å². The first-order valence-corrected chi connectivity index (χ1v) is 10.2. The summed E-state index contributed by atoms with van der Waals surface area (Å²) in [5, 5.41) is 6.01. The first-order valence-electron chi connectivity index (χ1n) is 8.85. The SMILES string of the molecule is COc1ncc([N+]2(S(=O)(=O)N(C)C)C=CC(c3ccccn3)=N2)c2ccccc12. The Balaban J connectivity index is 2.05. The fraction of sp³-hybridized carbons (Fsp3) is 0.150. The topological polar surface area (TPSA) is 84.8 Å². The lowest BCUT2D eigenvalue weighted by Gasteiger charge is -2.27. The minimum Gasteiger partial charge on any atom is -0.481 e. The maximum atomic E-state index is 13.5. The van der Waals surface area contributed by atoms with E-state index in [1.165, 1.54) is 33.6 Å². The second-order valence-corrected chi connectivity index (χ2v) is 8.78. The van der Waals surface area contributed by atoms with Crippen LogP contribution in [0, 0.1) is 0 Å². The number of hydrogen-bond acceptors (Lipinski definition) is 6. The van der Waals surface area contributed by atoms with E-state index in [1.54, 1.807) is 24.4 Å². The molecule has 29 heavy (non-hydrogen) atoms. The zero-order valence-electron chi connectivity index (χ0n) is 16.2. The van der Waals surface area contributed by atoms with Gasteiger partial charge in [-0.3, -0.25) is 4.98 Å². The molecule has 0 spiro atoms. The number of pyridine rings is 2. The van der Waals surface area contributed by atoms with E-state index in [2.05, 4.69) is 15.1 Å². The molecule has 148 valence electrons. The van der Waals surface area contributed by atoms with Gasteiger partial charge in [0.1, 0.15) is 6.20 Å². The van der Waals surface area contributed by atoms with Gasteiger partial charge in [0.2, 0.25) is 11.6 Å². The van der Waals surface area contributed by atoms with E-state index >= 15 is 0 Å². The van der Waals surface area contributed by atoms with Crippen molar-refractivity contribution < 1.29 is 13.2 Å². The maximum Gasteiger partial charge on any atom is 0.406 e. The van der Waals surface area contributed by atoms with E-state index in [0.29, 0.717) is 33.7 Å². The number of allylic oxidation sites excluding steroid dienone is 1. The Bertz CT molecular complexity index is 1240. The van der Waals surface area contributed by atoms with Crippen molar-refractivity contribution in [3.05, 3.63) is 72.8 Å². The van der Waals surface area contributed by atoms with E-state index in [4.69, 9.17) is 4.74 Å². The van der Waals surface area contributed by atoms with Gasteiger partial charge in [0.05, 0.1) is 29.8 Å². The van der Waals surface area contributed by atoms with Crippen LogP contribution in [0.5, 0.6) is 5.88 Å². The molecule has 9 heteroatoms. The van der Waals surface area contributed by atoms with Crippen molar-refractivity contribution in [3.8, 4) is 5.88 Å². The van der Waals surface area contributed by atoms with Crippen molar-refractivity contribution in [1.82, 2.24) is 18.3 Å². The fourth-order valence-electron chi connectivity index (χ4n) is 3.25. The molecule has 3 heterocycles. The molecule has 0 bridgehead atoms. The Morgan fingerprint density at radius 2 is 1.72 bits per heavy atom. The summed E-state index contributed by atoms with van der Waals surface area (Å²) in [6.07, 6.45) is 6.35. The molecule has 3 aromatic rings. The summed E-state index contributed by atoms with van der Waals surface area (Å²) in [6.45, 7) is 0. The number of fused-ring (bicyclic) bond motifs is 1. The third kappa shape index (κ3) is 2.91. The van der Waals surface area contributed by atoms with Crippen LogP contribution in [0.15, 0.2) is 72.2 Å². The highest BCUT2D eigenvalue weighted by molar-refractivity contribution is 7.88. The first kappa shape index (κ1) is 19.2. The van der Waals surface area contributed by atoms with Crippen molar-refractivity contribution in [3.63, 3.8) is 0 Å². The molecule has 0 amide bonds. The van der Waals surface area contributed by atoms with E-state index in [0.717, 1.165) is 4.31 Å². The van der Waals surface area contributed by atoms with Gasteiger partial charge in [-0.2, -0.15) is 12.7 Å². The van der Waals surface area contributed by atoms with Crippen LogP contribution in [0.3, 0.4) is 0 Å². The number of benzene rings is 1. The van der Waals surface area contributed by atoms with Crippen molar-refractivity contribution in [2.75, 3.05) is 21.2 Å². The number of hydrogen-bond donors (Lipinski definition) is 0. The first-order chi connectivity index (χ1) is 13.9. The lowest BCUT2D eigenvalue weighted by atomic mass is 10.1. The van der Waals surface area contributed by atoms with Gasteiger partial charge < -0.3 is 4.74 Å². The van der Waals surface area contributed by atoms with Crippen molar-refractivity contribution >= 4 is 32.4 Å². The van der Waals surface area contributed by atoms with Crippen molar-refractivity contribution in [2.24, 2.45) is 5.10 Å². The van der Waals surface area contributed by atoms with Crippen LogP contribution < -0.4 is 8.73 Å². The van der Waals surface area contributed by atoms with E-state index in [1.807, 2.05) is 30.3 Å². The molecule has 1 aromatic carbocycles. The molecular formula is C20H20N5O3S+. The Morgan fingerprint density at radius 3 is 2.38 bits per heavy atom. The van der Waals surface area contributed by atoms with Crippen LogP contribution in [-0.2, 0) is 10.2 Å². The van der Waals surface area contributed by atoms with Crippen LogP contribution in [0.4, 0.5) is 5.69 Å². The third-order valence-corrected chi connectivity index (χ3v) is 6.73. The number of rotatable bonds is 5. The fourth-order valence-corrected chi connectivity index (χ4v) is 4.55. The molecule has 1 aliphatic rings. The molecule has 2 aromatic heterocycles. The third-order valence-electron chi connectivity index (χ3n) is 4.71. The Hall–Kier alpha value is -3.14. The molecule has 0 N–H and O–H groups in total. The van der Waals surface area contributed by atoms with Crippen molar-refractivity contribution in [1.29, 1.82) is 0 Å². The highest BCUT2D eigenvalue weighted by Gasteiger charge is 2.50. The van der Waals surface area contributed by atoms with Gasteiger partial charge in [-0.25, -0.2) is 4.98 Å². The molecule has 0 saturated heterocycles. The Labute approximate surface area is 169 Å². The summed E-state index contributed by atoms with van der Waals surface area (Å²) in [5.74, 6) is 0.418. The number of methoxy groups -OCH3 is 1. The summed E-state index contributed by atoms with van der Waals surface area (Å²) in [6, 6.07) is 12.8.